The van der Waals surface area contributed by atoms with E-state index in [0.29, 0.717) is 12.4 Å². The predicted octanol–water partition coefficient (Wildman–Crippen LogP) is 2.31. The molecule has 1 heterocycles. The number of aryl methyl sites for hydroxylation is 1. The average molecular weight is 368 g/mol. The van der Waals surface area contributed by atoms with Crippen molar-refractivity contribution >= 4 is 17.6 Å². The molecule has 0 bridgehead atoms. The number of carboxylic acid groups (broad SMARTS) is 2. The normalized spacial score (nSPS) is 14.5. The largest absolute Gasteiger partial charge is 0.485 e. The Morgan fingerprint density at radius 2 is 1.73 bits per heavy atom. The summed E-state index contributed by atoms with van der Waals surface area (Å²) in [7, 11) is 0. The van der Waals surface area contributed by atoms with Gasteiger partial charge in [0.2, 0.25) is 0 Å². The summed E-state index contributed by atoms with van der Waals surface area (Å²) < 4.78 is 5.64. The van der Waals surface area contributed by atoms with E-state index in [1.54, 1.807) is 12.1 Å². The van der Waals surface area contributed by atoms with Crippen LogP contribution in [0.15, 0.2) is 18.2 Å². The van der Waals surface area contributed by atoms with Crippen molar-refractivity contribution in [3.8, 4) is 5.75 Å². The topological polar surface area (TPSA) is 130 Å². The minimum atomic E-state index is -1.82. The Hall–Kier alpha value is -2.68. The molecule has 9 nitrogen and oxygen atoms in total. The van der Waals surface area contributed by atoms with Gasteiger partial charge in [-0.15, -0.1) is 0 Å². The zero-order valence-electron chi connectivity index (χ0n) is 14.7. The fraction of sp³-hybridized carbons (Fsp3) is 0.529. The molecule has 0 saturated carbocycles. The number of aliphatic carboxylic acids is 2. The summed E-state index contributed by atoms with van der Waals surface area (Å²) in [4.78, 5) is 31.2. The summed E-state index contributed by atoms with van der Waals surface area (Å²) in [5.41, 5.74) is 1.02. The van der Waals surface area contributed by atoms with E-state index in [0.717, 1.165) is 25.2 Å². The van der Waals surface area contributed by atoms with Gasteiger partial charge in [-0.2, -0.15) is 0 Å². The highest BCUT2D eigenvalue weighted by molar-refractivity contribution is 6.27. The van der Waals surface area contributed by atoms with Crippen LogP contribution in [0, 0.1) is 17.0 Å². The first-order valence-corrected chi connectivity index (χ1v) is 8.37. The van der Waals surface area contributed by atoms with Gasteiger partial charge >= 0.3 is 17.6 Å². The number of nitrogens with zero attached hydrogens (tertiary/aromatic N) is 2. The second-order valence-electron chi connectivity index (χ2n) is 5.94. The van der Waals surface area contributed by atoms with Crippen LogP contribution in [0.4, 0.5) is 5.69 Å². The van der Waals surface area contributed by atoms with Crippen LogP contribution in [0.1, 0.15) is 31.2 Å². The summed E-state index contributed by atoms with van der Waals surface area (Å²) >= 11 is 0. The lowest BCUT2D eigenvalue weighted by Gasteiger charge is -2.19. The molecule has 0 aliphatic carbocycles. The van der Waals surface area contributed by atoms with E-state index in [1.807, 2.05) is 6.92 Å². The van der Waals surface area contributed by atoms with Crippen LogP contribution < -0.4 is 4.74 Å². The second-order valence-corrected chi connectivity index (χ2v) is 5.94. The number of nitro groups is 1. The fourth-order valence-corrected chi connectivity index (χ4v) is 2.53. The van der Waals surface area contributed by atoms with Gasteiger partial charge in [0.05, 0.1) is 4.92 Å². The minimum Gasteiger partial charge on any atom is -0.485 e. The van der Waals surface area contributed by atoms with Crippen molar-refractivity contribution in [3.63, 3.8) is 0 Å². The summed E-state index contributed by atoms with van der Waals surface area (Å²) in [6.07, 6.45) is 5.09. The smallest absolute Gasteiger partial charge is 0.414 e. The minimum absolute atomic E-state index is 0.0477. The molecule has 2 N–H and O–H groups in total. The number of hydrogen-bond donors (Lipinski definition) is 2. The molecule has 1 aliphatic rings. The first-order valence-electron chi connectivity index (χ1n) is 8.37. The number of benzene rings is 1. The first-order chi connectivity index (χ1) is 12.3. The maximum Gasteiger partial charge on any atom is 0.414 e. The van der Waals surface area contributed by atoms with Crippen molar-refractivity contribution in [3.05, 3.63) is 33.9 Å². The average Bonchev–Trinajstić information content (AvgIpc) is 2.84. The third kappa shape index (κ3) is 7.93. The van der Waals surface area contributed by atoms with Gasteiger partial charge in [-0.25, -0.2) is 9.59 Å². The second kappa shape index (κ2) is 11.0. The Labute approximate surface area is 151 Å². The van der Waals surface area contributed by atoms with E-state index >= 15 is 0 Å². The molecule has 0 aromatic heterocycles. The Balaban J connectivity index is 0.000000487. The number of carboxylic acids is 2. The molecule has 1 aromatic rings. The van der Waals surface area contributed by atoms with Gasteiger partial charge in [-0.3, -0.25) is 15.0 Å². The maximum absolute atomic E-state index is 11.0. The molecule has 0 radical (unpaired) electrons. The quantitative estimate of drug-likeness (QED) is 0.460. The van der Waals surface area contributed by atoms with Crippen molar-refractivity contribution in [2.45, 2.75) is 32.6 Å². The molecule has 0 spiro atoms. The standard InChI is InChI=1S/C15H22N2O3.C2H2O4/c1-13-6-7-14(17(18)19)15(12-13)20-11-10-16-8-4-2-3-5-9-16;3-1(4)2(5)6/h6-7,12H,2-5,8-11H2,1H3;(H,3,4)(H,5,6). The van der Waals surface area contributed by atoms with Crippen molar-refractivity contribution in [2.75, 3.05) is 26.2 Å². The zero-order chi connectivity index (χ0) is 19.5. The van der Waals surface area contributed by atoms with E-state index < -0.39 is 11.9 Å². The summed E-state index contributed by atoms with van der Waals surface area (Å²) in [6, 6.07) is 4.98. The predicted molar refractivity (Wildman–Crippen MR) is 93.5 cm³/mol. The van der Waals surface area contributed by atoms with Crippen molar-refractivity contribution in [2.24, 2.45) is 0 Å². The maximum atomic E-state index is 11.0. The van der Waals surface area contributed by atoms with E-state index in [4.69, 9.17) is 24.5 Å². The lowest BCUT2D eigenvalue weighted by Crippen LogP contribution is -2.29. The SMILES string of the molecule is Cc1ccc([N+](=O)[O-])c(OCCN2CCCCCC2)c1.O=C(O)C(=O)O. The molecule has 9 heteroatoms. The molecular weight excluding hydrogens is 344 g/mol. The molecule has 2 rings (SSSR count). The van der Waals surface area contributed by atoms with Gasteiger partial charge < -0.3 is 14.9 Å². The van der Waals surface area contributed by atoms with E-state index in [-0.39, 0.29) is 10.6 Å². The fourth-order valence-electron chi connectivity index (χ4n) is 2.53. The van der Waals surface area contributed by atoms with E-state index in [9.17, 15) is 10.1 Å². The highest BCUT2D eigenvalue weighted by Gasteiger charge is 2.15. The summed E-state index contributed by atoms with van der Waals surface area (Å²) in [6.45, 7) is 5.47. The zero-order valence-corrected chi connectivity index (χ0v) is 14.7. The Morgan fingerprint density at radius 1 is 1.15 bits per heavy atom. The molecule has 144 valence electrons. The van der Waals surface area contributed by atoms with Crippen molar-refractivity contribution in [1.82, 2.24) is 4.90 Å². The van der Waals surface area contributed by atoms with E-state index in [1.165, 1.54) is 31.7 Å². The molecule has 0 amide bonds. The highest BCUT2D eigenvalue weighted by Crippen LogP contribution is 2.27. The number of nitro benzene ring substituents is 1. The number of likely N-dealkylation sites (tertiary alicyclic amines) is 1. The van der Waals surface area contributed by atoms with Crippen LogP contribution in [0.3, 0.4) is 0 Å². The Bertz CT molecular complexity index is 614. The first kappa shape index (κ1) is 21.4. The van der Waals surface area contributed by atoms with E-state index in [2.05, 4.69) is 4.90 Å². The third-order valence-corrected chi connectivity index (χ3v) is 3.86. The van der Waals surface area contributed by atoms with Crippen LogP contribution in [-0.4, -0.2) is 58.2 Å². The van der Waals surface area contributed by atoms with Crippen LogP contribution in [-0.2, 0) is 9.59 Å². The van der Waals surface area contributed by atoms with Crippen molar-refractivity contribution < 1.29 is 29.5 Å². The molecular formula is C17H24N2O7. The van der Waals surface area contributed by atoms with Gasteiger partial charge in [-0.05, 0) is 44.5 Å². The molecule has 0 atom stereocenters. The van der Waals surface area contributed by atoms with Gasteiger partial charge in [0, 0.05) is 12.6 Å². The van der Waals surface area contributed by atoms with Crippen LogP contribution in [0.2, 0.25) is 0 Å². The van der Waals surface area contributed by atoms with Gasteiger partial charge in [0.15, 0.2) is 5.75 Å². The van der Waals surface area contributed by atoms with Crippen LogP contribution >= 0.6 is 0 Å². The number of rotatable bonds is 5. The number of ether oxygens (including phenoxy) is 1. The number of carbonyl (C=O) groups is 2. The van der Waals surface area contributed by atoms with Crippen LogP contribution in [0.25, 0.3) is 0 Å². The monoisotopic (exact) mass is 368 g/mol. The van der Waals surface area contributed by atoms with Crippen LogP contribution in [0.5, 0.6) is 5.75 Å². The molecule has 1 aromatic carbocycles. The molecule has 1 aliphatic heterocycles. The van der Waals surface area contributed by atoms with Gasteiger partial charge in [0.25, 0.3) is 0 Å². The van der Waals surface area contributed by atoms with Gasteiger partial charge in [-0.1, -0.05) is 18.9 Å². The molecule has 1 saturated heterocycles. The lowest BCUT2D eigenvalue weighted by atomic mass is 10.2. The summed E-state index contributed by atoms with van der Waals surface area (Å²) in [5.74, 6) is -3.27. The highest BCUT2D eigenvalue weighted by atomic mass is 16.6. The molecule has 0 unspecified atom stereocenters. The molecule has 1 fully saturated rings. The Kier molecular flexibility index (Phi) is 9.07. The number of hydrogen-bond acceptors (Lipinski definition) is 6. The van der Waals surface area contributed by atoms with Crippen molar-refractivity contribution in [1.29, 1.82) is 0 Å². The Morgan fingerprint density at radius 3 is 2.23 bits per heavy atom. The third-order valence-electron chi connectivity index (χ3n) is 3.86. The van der Waals surface area contributed by atoms with Gasteiger partial charge in [0.1, 0.15) is 6.61 Å². The summed E-state index contributed by atoms with van der Waals surface area (Å²) in [5, 5.41) is 25.7. The lowest BCUT2D eigenvalue weighted by molar-refractivity contribution is -0.385. The molecule has 26 heavy (non-hydrogen) atoms.